The van der Waals surface area contributed by atoms with Gasteiger partial charge in [0.05, 0.1) is 12.0 Å². The highest BCUT2D eigenvalue weighted by Gasteiger charge is 2.28. The Labute approximate surface area is 175 Å². The molecule has 3 aromatic rings. The van der Waals surface area contributed by atoms with Gasteiger partial charge in [-0.3, -0.25) is 0 Å². The number of likely N-dealkylation sites (N-methyl/N-ethyl adjacent to an activating group) is 1. The van der Waals surface area contributed by atoms with E-state index in [1.807, 2.05) is 19.3 Å². The number of hydrogen-bond acceptors (Lipinski definition) is 8. The minimum atomic E-state index is -3.59. The molecule has 2 N–H and O–H groups in total. The Morgan fingerprint density at radius 1 is 1.30 bits per heavy atom. The van der Waals surface area contributed by atoms with Gasteiger partial charge >= 0.3 is 0 Å². The third-order valence-electron chi connectivity index (χ3n) is 5.33. The predicted octanol–water partition coefficient (Wildman–Crippen LogP) is 0.993. The summed E-state index contributed by atoms with van der Waals surface area (Å²) in [6.45, 7) is 2.21. The number of nitrogens with one attached hydrogen (secondary N) is 2. The maximum atomic E-state index is 12.3. The van der Waals surface area contributed by atoms with Crippen molar-refractivity contribution in [3.05, 3.63) is 36.9 Å². The van der Waals surface area contributed by atoms with Crippen LogP contribution >= 0.6 is 0 Å². The second-order valence-electron chi connectivity index (χ2n) is 7.18. The highest BCUT2D eigenvalue weighted by Crippen LogP contribution is 2.28. The number of aromatic amines is 1. The highest BCUT2D eigenvalue weighted by molar-refractivity contribution is 7.89. The first-order chi connectivity index (χ1) is 14.5. The molecule has 0 aliphatic carbocycles. The van der Waals surface area contributed by atoms with Gasteiger partial charge in [0.2, 0.25) is 10.0 Å². The summed E-state index contributed by atoms with van der Waals surface area (Å²) in [4.78, 5) is 20.7. The number of rotatable bonds is 8. The van der Waals surface area contributed by atoms with Crippen molar-refractivity contribution in [2.45, 2.75) is 17.4 Å². The first-order valence-electron chi connectivity index (χ1n) is 9.70. The fourth-order valence-electron chi connectivity index (χ4n) is 3.65. The number of fused-ring (bicyclic) bond motifs is 1. The van der Waals surface area contributed by atoms with Crippen molar-refractivity contribution in [3.63, 3.8) is 0 Å². The molecule has 1 aliphatic heterocycles. The monoisotopic (exact) mass is 431 g/mol. The number of methoxy groups -OCH3 is 1. The standard InChI is InChI=1S/C19H25N7O3S/c1-25(17-4-3-15(11-21-17)30(27,28)24-8-10-29-2)14-6-9-26(12-14)19-16-5-7-20-18(16)22-13-23-19/h3-5,7,11,13-14,24H,6,8-10,12H2,1-2H3,(H,20,22,23). The van der Waals surface area contributed by atoms with Gasteiger partial charge in [0.15, 0.2) is 0 Å². The van der Waals surface area contributed by atoms with Gasteiger partial charge in [0.25, 0.3) is 0 Å². The maximum absolute atomic E-state index is 12.3. The van der Waals surface area contributed by atoms with Crippen molar-refractivity contribution < 1.29 is 13.2 Å². The van der Waals surface area contributed by atoms with Crippen molar-refractivity contribution in [2.24, 2.45) is 0 Å². The lowest BCUT2D eigenvalue weighted by Gasteiger charge is -2.26. The molecule has 4 rings (SSSR count). The van der Waals surface area contributed by atoms with Gasteiger partial charge in [-0.2, -0.15) is 0 Å². The van der Waals surface area contributed by atoms with Gasteiger partial charge < -0.3 is 19.5 Å². The first kappa shape index (κ1) is 20.5. The van der Waals surface area contributed by atoms with Crippen LogP contribution in [0.3, 0.4) is 0 Å². The van der Waals surface area contributed by atoms with E-state index in [9.17, 15) is 8.42 Å². The molecule has 30 heavy (non-hydrogen) atoms. The maximum Gasteiger partial charge on any atom is 0.242 e. The molecule has 0 saturated carbocycles. The fraction of sp³-hybridized carbons (Fsp3) is 0.421. The molecule has 1 aliphatic rings. The van der Waals surface area contributed by atoms with Crippen LogP contribution in [0.25, 0.3) is 11.0 Å². The predicted molar refractivity (Wildman–Crippen MR) is 114 cm³/mol. The molecule has 160 valence electrons. The van der Waals surface area contributed by atoms with Crippen LogP contribution in [0.5, 0.6) is 0 Å². The molecule has 0 bridgehead atoms. The molecule has 10 nitrogen and oxygen atoms in total. The average molecular weight is 432 g/mol. The van der Waals surface area contributed by atoms with Crippen molar-refractivity contribution in [1.29, 1.82) is 0 Å². The molecule has 1 unspecified atom stereocenters. The van der Waals surface area contributed by atoms with E-state index in [0.717, 1.165) is 42.2 Å². The Morgan fingerprint density at radius 3 is 2.93 bits per heavy atom. The molecular weight excluding hydrogens is 406 g/mol. The number of anilines is 2. The summed E-state index contributed by atoms with van der Waals surface area (Å²) in [6.07, 6.45) is 5.78. The minimum Gasteiger partial charge on any atom is -0.383 e. The van der Waals surface area contributed by atoms with E-state index in [4.69, 9.17) is 4.74 Å². The number of hydrogen-bond donors (Lipinski definition) is 2. The van der Waals surface area contributed by atoms with Crippen LogP contribution < -0.4 is 14.5 Å². The quantitative estimate of drug-likeness (QED) is 0.507. The molecule has 0 spiro atoms. The molecule has 0 amide bonds. The smallest absolute Gasteiger partial charge is 0.242 e. The van der Waals surface area contributed by atoms with E-state index in [-0.39, 0.29) is 17.5 Å². The molecule has 0 aromatic carbocycles. The number of H-pyrrole nitrogens is 1. The number of ether oxygens (including phenoxy) is 1. The lowest BCUT2D eigenvalue weighted by Crippen LogP contribution is -2.35. The number of sulfonamides is 1. The third-order valence-corrected chi connectivity index (χ3v) is 6.78. The Hall–Kier alpha value is -2.76. The number of pyridine rings is 1. The Kier molecular flexibility index (Phi) is 5.84. The van der Waals surface area contributed by atoms with Crippen molar-refractivity contribution in [2.75, 3.05) is 50.2 Å². The van der Waals surface area contributed by atoms with Crippen molar-refractivity contribution in [1.82, 2.24) is 24.7 Å². The Balaban J connectivity index is 1.44. The number of aromatic nitrogens is 4. The van der Waals surface area contributed by atoms with Crippen molar-refractivity contribution >= 4 is 32.7 Å². The zero-order chi connectivity index (χ0) is 21.1. The summed E-state index contributed by atoms with van der Waals surface area (Å²) in [7, 11) is -0.0868. The molecule has 1 saturated heterocycles. The summed E-state index contributed by atoms with van der Waals surface area (Å²) >= 11 is 0. The molecular formula is C19H25N7O3S. The van der Waals surface area contributed by atoms with E-state index >= 15 is 0 Å². The normalized spacial score (nSPS) is 17.0. The van der Waals surface area contributed by atoms with Crippen LogP contribution in [0.1, 0.15) is 6.42 Å². The van der Waals surface area contributed by atoms with Crippen molar-refractivity contribution in [3.8, 4) is 0 Å². The van der Waals surface area contributed by atoms with Crippen LogP contribution in [0, 0.1) is 0 Å². The molecule has 3 aromatic heterocycles. The van der Waals surface area contributed by atoms with Crippen LogP contribution in [0.2, 0.25) is 0 Å². The summed E-state index contributed by atoms with van der Waals surface area (Å²) in [6, 6.07) is 5.55. The van der Waals surface area contributed by atoms with Gasteiger partial charge in [0, 0.05) is 52.2 Å². The zero-order valence-electron chi connectivity index (χ0n) is 16.9. The van der Waals surface area contributed by atoms with Gasteiger partial charge in [0.1, 0.15) is 28.5 Å². The van der Waals surface area contributed by atoms with Gasteiger partial charge in [-0.15, -0.1) is 0 Å². The topological polar surface area (TPSA) is 116 Å². The Morgan fingerprint density at radius 2 is 2.17 bits per heavy atom. The molecule has 1 atom stereocenters. The van der Waals surface area contributed by atoms with E-state index in [1.165, 1.54) is 13.3 Å². The van der Waals surface area contributed by atoms with E-state index < -0.39 is 10.0 Å². The van der Waals surface area contributed by atoms with Crippen LogP contribution in [0.15, 0.2) is 41.8 Å². The SMILES string of the molecule is COCCNS(=O)(=O)c1ccc(N(C)C2CCN(c3ncnc4[nH]ccc34)C2)nc1. The number of nitrogens with zero attached hydrogens (tertiary/aromatic N) is 5. The molecule has 0 radical (unpaired) electrons. The van der Waals surface area contributed by atoms with E-state index in [2.05, 4.69) is 34.5 Å². The molecule has 4 heterocycles. The van der Waals surface area contributed by atoms with Gasteiger partial charge in [-0.05, 0) is 24.6 Å². The average Bonchev–Trinajstić information content (AvgIpc) is 3.43. The molecule has 1 fully saturated rings. The van der Waals surface area contributed by atoms with E-state index in [1.54, 1.807) is 18.5 Å². The highest BCUT2D eigenvalue weighted by atomic mass is 32.2. The van der Waals surface area contributed by atoms with Crippen LogP contribution in [-0.2, 0) is 14.8 Å². The van der Waals surface area contributed by atoms with Gasteiger partial charge in [-0.1, -0.05) is 0 Å². The summed E-state index contributed by atoms with van der Waals surface area (Å²) in [5.74, 6) is 1.65. The lowest BCUT2D eigenvalue weighted by molar-refractivity contribution is 0.204. The minimum absolute atomic E-state index is 0.139. The van der Waals surface area contributed by atoms with Crippen LogP contribution in [0.4, 0.5) is 11.6 Å². The van der Waals surface area contributed by atoms with Crippen LogP contribution in [-0.4, -0.2) is 74.8 Å². The van der Waals surface area contributed by atoms with E-state index in [0.29, 0.717) is 6.61 Å². The zero-order valence-corrected chi connectivity index (χ0v) is 17.8. The summed E-state index contributed by atoms with van der Waals surface area (Å²) < 4.78 is 31.9. The first-order valence-corrected chi connectivity index (χ1v) is 11.2. The third kappa shape index (κ3) is 4.09. The fourth-order valence-corrected chi connectivity index (χ4v) is 4.61. The summed E-state index contributed by atoms with van der Waals surface area (Å²) in [5, 5.41) is 1.01. The lowest BCUT2D eigenvalue weighted by atomic mass is 10.2. The molecule has 11 heteroatoms. The largest absolute Gasteiger partial charge is 0.383 e. The van der Waals surface area contributed by atoms with Gasteiger partial charge in [-0.25, -0.2) is 28.1 Å². The second-order valence-corrected chi connectivity index (χ2v) is 8.95. The summed E-state index contributed by atoms with van der Waals surface area (Å²) in [5.41, 5.74) is 0.828. The Bertz CT molecular complexity index is 1100. The second kappa shape index (κ2) is 8.54.